The summed E-state index contributed by atoms with van der Waals surface area (Å²) in [6.45, 7) is -0.0199. The first-order valence-corrected chi connectivity index (χ1v) is 5.82. The molecule has 0 aliphatic carbocycles. The van der Waals surface area contributed by atoms with Crippen LogP contribution in [-0.2, 0) is 11.8 Å². The van der Waals surface area contributed by atoms with E-state index in [0.29, 0.717) is 11.3 Å². The molecule has 0 radical (unpaired) electrons. The Morgan fingerprint density at radius 1 is 1.37 bits per heavy atom. The molecule has 0 aliphatic rings. The van der Waals surface area contributed by atoms with Gasteiger partial charge in [0.1, 0.15) is 0 Å². The van der Waals surface area contributed by atoms with Gasteiger partial charge in [-0.05, 0) is 11.6 Å². The zero-order valence-corrected chi connectivity index (χ0v) is 10.5. The molecule has 1 aromatic heterocycles. The zero-order chi connectivity index (χ0) is 14.0. The van der Waals surface area contributed by atoms with Crippen LogP contribution in [0.15, 0.2) is 41.5 Å². The molecule has 0 fully saturated rings. The summed E-state index contributed by atoms with van der Waals surface area (Å²) in [5.41, 5.74) is 6.37. The first-order valence-electron chi connectivity index (χ1n) is 5.82. The molecule has 0 aliphatic heterocycles. The van der Waals surface area contributed by atoms with Crippen molar-refractivity contribution in [1.29, 1.82) is 0 Å². The van der Waals surface area contributed by atoms with Gasteiger partial charge in [0.05, 0.1) is 11.6 Å². The van der Waals surface area contributed by atoms with E-state index in [4.69, 9.17) is 5.73 Å². The Bertz CT molecular complexity index is 657. The highest BCUT2D eigenvalue weighted by Gasteiger charge is 2.22. The fourth-order valence-electron chi connectivity index (χ4n) is 2.01. The Labute approximate surface area is 109 Å². The summed E-state index contributed by atoms with van der Waals surface area (Å²) in [5, 5.41) is 9.20. The molecule has 2 rings (SSSR count). The topological polar surface area (TPSA) is 90.2 Å². The lowest BCUT2D eigenvalue weighted by Crippen LogP contribution is -2.26. The standard InChI is InChI=1S/C13H15N3O3/c1-15-6-7-16(13(15)19)11-5-3-2-4-9(11)10(8-14)12(17)18/h2-7,10H,8,14H2,1H3,(H,17,18). The van der Waals surface area contributed by atoms with Crippen molar-refractivity contribution in [2.24, 2.45) is 12.8 Å². The van der Waals surface area contributed by atoms with Crippen molar-refractivity contribution in [3.63, 3.8) is 0 Å². The highest BCUT2D eigenvalue weighted by Crippen LogP contribution is 2.22. The normalized spacial score (nSPS) is 12.3. The molecular formula is C13H15N3O3. The molecule has 6 heteroatoms. The summed E-state index contributed by atoms with van der Waals surface area (Å²) in [6, 6.07) is 6.88. The van der Waals surface area contributed by atoms with E-state index in [1.165, 1.54) is 9.13 Å². The van der Waals surface area contributed by atoms with E-state index in [0.717, 1.165) is 0 Å². The van der Waals surface area contributed by atoms with Crippen LogP contribution in [0.5, 0.6) is 0 Å². The first-order chi connectivity index (χ1) is 9.06. The van der Waals surface area contributed by atoms with Crippen molar-refractivity contribution in [2.45, 2.75) is 5.92 Å². The zero-order valence-electron chi connectivity index (χ0n) is 10.5. The number of rotatable bonds is 4. The first kappa shape index (κ1) is 13.1. The second-order valence-electron chi connectivity index (χ2n) is 4.25. The number of carboxylic acids is 1. The molecular weight excluding hydrogens is 246 g/mol. The van der Waals surface area contributed by atoms with E-state index in [9.17, 15) is 14.7 Å². The van der Waals surface area contributed by atoms with Crippen LogP contribution in [0.2, 0.25) is 0 Å². The lowest BCUT2D eigenvalue weighted by Gasteiger charge is -2.15. The minimum absolute atomic E-state index is 0.0199. The van der Waals surface area contributed by atoms with Gasteiger partial charge in [-0.25, -0.2) is 4.79 Å². The Hall–Kier alpha value is -2.34. The second-order valence-corrected chi connectivity index (χ2v) is 4.25. The van der Waals surface area contributed by atoms with Gasteiger partial charge in [-0.1, -0.05) is 18.2 Å². The summed E-state index contributed by atoms with van der Waals surface area (Å²) in [6.07, 6.45) is 3.23. The van der Waals surface area contributed by atoms with Crippen molar-refractivity contribution < 1.29 is 9.90 Å². The smallest absolute Gasteiger partial charge is 0.332 e. The molecule has 6 nitrogen and oxygen atoms in total. The highest BCUT2D eigenvalue weighted by molar-refractivity contribution is 5.78. The molecule has 0 spiro atoms. The number of para-hydroxylation sites is 1. The van der Waals surface area contributed by atoms with Gasteiger partial charge in [0, 0.05) is 26.0 Å². The maximum atomic E-state index is 11.9. The van der Waals surface area contributed by atoms with Gasteiger partial charge in [0.15, 0.2) is 0 Å². The van der Waals surface area contributed by atoms with Crippen LogP contribution >= 0.6 is 0 Å². The minimum Gasteiger partial charge on any atom is -0.481 e. The molecule has 0 saturated heterocycles. The van der Waals surface area contributed by atoms with E-state index in [1.807, 2.05) is 0 Å². The van der Waals surface area contributed by atoms with Crippen molar-refractivity contribution >= 4 is 5.97 Å². The van der Waals surface area contributed by atoms with Gasteiger partial charge < -0.3 is 15.4 Å². The minimum atomic E-state index is -1.00. The predicted molar refractivity (Wildman–Crippen MR) is 70.4 cm³/mol. The Kier molecular flexibility index (Phi) is 3.52. The third-order valence-corrected chi connectivity index (χ3v) is 3.05. The Morgan fingerprint density at radius 2 is 2.05 bits per heavy atom. The van der Waals surface area contributed by atoms with Crippen molar-refractivity contribution in [3.8, 4) is 5.69 Å². The van der Waals surface area contributed by atoms with E-state index in [2.05, 4.69) is 0 Å². The van der Waals surface area contributed by atoms with E-state index < -0.39 is 11.9 Å². The van der Waals surface area contributed by atoms with Gasteiger partial charge in [0.2, 0.25) is 0 Å². The summed E-state index contributed by atoms with van der Waals surface area (Å²) >= 11 is 0. The monoisotopic (exact) mass is 261 g/mol. The molecule has 0 saturated carbocycles. The van der Waals surface area contributed by atoms with Gasteiger partial charge in [-0.15, -0.1) is 0 Å². The van der Waals surface area contributed by atoms with Crippen molar-refractivity contribution in [3.05, 3.63) is 52.7 Å². The SMILES string of the molecule is Cn1ccn(-c2ccccc2C(CN)C(=O)O)c1=O. The van der Waals surface area contributed by atoms with Crippen LogP contribution in [0.25, 0.3) is 5.69 Å². The fraction of sp³-hybridized carbons (Fsp3) is 0.231. The number of hydrogen-bond acceptors (Lipinski definition) is 3. The maximum absolute atomic E-state index is 11.9. The lowest BCUT2D eigenvalue weighted by atomic mass is 9.97. The molecule has 19 heavy (non-hydrogen) atoms. The average molecular weight is 261 g/mol. The van der Waals surface area contributed by atoms with Crippen LogP contribution in [0, 0.1) is 0 Å². The number of hydrogen-bond donors (Lipinski definition) is 2. The van der Waals surface area contributed by atoms with Crippen LogP contribution in [0.4, 0.5) is 0 Å². The number of nitrogens with two attached hydrogens (primary N) is 1. The quantitative estimate of drug-likeness (QED) is 0.828. The number of nitrogens with zero attached hydrogens (tertiary/aromatic N) is 2. The predicted octanol–water partition coefficient (Wildman–Crippen LogP) is 0.303. The average Bonchev–Trinajstić information content (AvgIpc) is 2.71. The molecule has 1 aromatic carbocycles. The molecule has 2 aromatic rings. The third-order valence-electron chi connectivity index (χ3n) is 3.05. The third kappa shape index (κ3) is 2.30. The second kappa shape index (κ2) is 5.11. The lowest BCUT2D eigenvalue weighted by molar-refractivity contribution is -0.138. The number of carbonyl (C=O) groups is 1. The number of carboxylic acid groups (broad SMARTS) is 1. The Morgan fingerprint density at radius 3 is 2.58 bits per heavy atom. The van der Waals surface area contributed by atoms with Gasteiger partial charge in [-0.2, -0.15) is 0 Å². The fourth-order valence-corrected chi connectivity index (χ4v) is 2.01. The van der Waals surface area contributed by atoms with E-state index in [-0.39, 0.29) is 12.2 Å². The van der Waals surface area contributed by atoms with Gasteiger partial charge >= 0.3 is 11.7 Å². The summed E-state index contributed by atoms with van der Waals surface area (Å²) in [5.74, 6) is -1.83. The molecule has 3 N–H and O–H groups in total. The summed E-state index contributed by atoms with van der Waals surface area (Å²) in [4.78, 5) is 23.2. The van der Waals surface area contributed by atoms with Crippen molar-refractivity contribution in [1.82, 2.24) is 9.13 Å². The highest BCUT2D eigenvalue weighted by atomic mass is 16.4. The van der Waals surface area contributed by atoms with E-state index >= 15 is 0 Å². The number of imidazole rings is 1. The Balaban J connectivity index is 2.62. The number of aryl methyl sites for hydroxylation is 1. The molecule has 1 unspecified atom stereocenters. The number of benzene rings is 1. The van der Waals surface area contributed by atoms with Gasteiger partial charge in [0.25, 0.3) is 0 Å². The number of aliphatic carboxylic acids is 1. The molecule has 100 valence electrons. The van der Waals surface area contributed by atoms with Crippen molar-refractivity contribution in [2.75, 3.05) is 6.54 Å². The molecule has 0 bridgehead atoms. The molecule has 1 heterocycles. The largest absolute Gasteiger partial charge is 0.481 e. The number of aromatic nitrogens is 2. The van der Waals surface area contributed by atoms with Crippen LogP contribution in [0.3, 0.4) is 0 Å². The summed E-state index contributed by atoms with van der Waals surface area (Å²) < 4.78 is 2.84. The molecule has 1 atom stereocenters. The van der Waals surface area contributed by atoms with E-state index in [1.54, 1.807) is 43.7 Å². The van der Waals surface area contributed by atoms with Gasteiger partial charge in [-0.3, -0.25) is 9.36 Å². The maximum Gasteiger partial charge on any atom is 0.332 e. The van der Waals surface area contributed by atoms with Crippen LogP contribution < -0.4 is 11.4 Å². The summed E-state index contributed by atoms with van der Waals surface area (Å²) in [7, 11) is 1.64. The van der Waals surface area contributed by atoms with Crippen LogP contribution in [0.1, 0.15) is 11.5 Å². The van der Waals surface area contributed by atoms with Crippen LogP contribution in [-0.4, -0.2) is 26.8 Å². The molecule has 0 amide bonds.